The first-order chi connectivity index (χ1) is 9.36. The summed E-state index contributed by atoms with van der Waals surface area (Å²) in [5.74, 6) is 0.0345. The summed E-state index contributed by atoms with van der Waals surface area (Å²) in [5, 5.41) is 14.4. The molecule has 20 heavy (non-hydrogen) atoms. The van der Waals surface area contributed by atoms with E-state index in [9.17, 15) is 13.2 Å². The van der Waals surface area contributed by atoms with Gasteiger partial charge in [0, 0.05) is 25.3 Å². The van der Waals surface area contributed by atoms with Crippen LogP contribution in [-0.4, -0.2) is 34.3 Å². The Bertz CT molecular complexity index is 426. The summed E-state index contributed by atoms with van der Waals surface area (Å²) in [5.41, 5.74) is -0.996. The fourth-order valence-electron chi connectivity index (χ4n) is 1.50. The summed E-state index contributed by atoms with van der Waals surface area (Å²) in [4.78, 5) is 7.45. The number of hydrogen-bond donors (Lipinski definition) is 3. The topological polar surface area (TPSA) is 70.1 Å². The molecular formula is C12H19F3N4O. The molecule has 0 saturated carbocycles. The summed E-state index contributed by atoms with van der Waals surface area (Å²) < 4.78 is 38.3. The van der Waals surface area contributed by atoms with Crippen LogP contribution < -0.4 is 10.6 Å². The van der Waals surface area contributed by atoms with Gasteiger partial charge in [-0.1, -0.05) is 6.92 Å². The molecule has 0 radical (unpaired) electrons. The summed E-state index contributed by atoms with van der Waals surface area (Å²) in [6.45, 7) is 4.09. The molecule has 0 amide bonds. The molecule has 1 heterocycles. The quantitative estimate of drug-likeness (QED) is 0.720. The number of hydrogen-bond acceptors (Lipinski definition) is 5. The average molecular weight is 292 g/mol. The van der Waals surface area contributed by atoms with Gasteiger partial charge in [-0.15, -0.1) is 0 Å². The Morgan fingerprint density at radius 2 is 2.05 bits per heavy atom. The molecule has 0 saturated heterocycles. The zero-order valence-corrected chi connectivity index (χ0v) is 11.5. The Kier molecular flexibility index (Phi) is 6.00. The SMILES string of the molecule is CCCNc1nc(NC(C)CCO)cc(C(F)(F)F)n1. The number of nitrogens with zero attached hydrogens (tertiary/aromatic N) is 2. The Morgan fingerprint density at radius 3 is 2.60 bits per heavy atom. The van der Waals surface area contributed by atoms with Gasteiger partial charge in [0.25, 0.3) is 0 Å². The molecule has 3 N–H and O–H groups in total. The van der Waals surface area contributed by atoms with Crippen molar-refractivity contribution in [2.24, 2.45) is 0 Å². The molecule has 1 atom stereocenters. The number of anilines is 2. The van der Waals surface area contributed by atoms with Gasteiger partial charge in [0.05, 0.1) is 0 Å². The zero-order chi connectivity index (χ0) is 15.2. The Labute approximate surface area is 115 Å². The van der Waals surface area contributed by atoms with Gasteiger partial charge in [0.2, 0.25) is 5.95 Å². The van der Waals surface area contributed by atoms with E-state index in [0.717, 1.165) is 12.5 Å². The number of alkyl halides is 3. The van der Waals surface area contributed by atoms with Crippen molar-refractivity contribution in [3.63, 3.8) is 0 Å². The second-order valence-electron chi connectivity index (χ2n) is 4.44. The van der Waals surface area contributed by atoms with Crippen LogP contribution in [0.3, 0.4) is 0 Å². The fourth-order valence-corrected chi connectivity index (χ4v) is 1.50. The monoisotopic (exact) mass is 292 g/mol. The molecule has 0 aliphatic carbocycles. The highest BCUT2D eigenvalue weighted by molar-refractivity contribution is 5.43. The minimum atomic E-state index is -4.53. The predicted octanol–water partition coefficient (Wildman–Crippen LogP) is 2.50. The third-order valence-electron chi connectivity index (χ3n) is 2.51. The van der Waals surface area contributed by atoms with Crippen LogP contribution in [0.1, 0.15) is 32.4 Å². The number of rotatable bonds is 7. The second-order valence-corrected chi connectivity index (χ2v) is 4.44. The lowest BCUT2D eigenvalue weighted by Gasteiger charge is -2.16. The maximum atomic E-state index is 12.8. The van der Waals surface area contributed by atoms with Crippen molar-refractivity contribution in [3.8, 4) is 0 Å². The minimum Gasteiger partial charge on any atom is -0.396 e. The van der Waals surface area contributed by atoms with Gasteiger partial charge in [-0.2, -0.15) is 18.2 Å². The number of nitrogens with one attached hydrogen (secondary N) is 2. The average Bonchev–Trinajstić information content (AvgIpc) is 2.35. The molecular weight excluding hydrogens is 273 g/mol. The number of aliphatic hydroxyl groups is 1. The van der Waals surface area contributed by atoms with Crippen LogP contribution in [-0.2, 0) is 6.18 Å². The van der Waals surface area contributed by atoms with Crippen LogP contribution in [0.5, 0.6) is 0 Å². The lowest BCUT2D eigenvalue weighted by molar-refractivity contribution is -0.141. The van der Waals surface area contributed by atoms with Crippen LogP contribution in [0.25, 0.3) is 0 Å². The van der Waals surface area contributed by atoms with Crippen LogP contribution in [0.15, 0.2) is 6.07 Å². The molecule has 0 spiro atoms. The van der Waals surface area contributed by atoms with Gasteiger partial charge < -0.3 is 15.7 Å². The van der Waals surface area contributed by atoms with Crippen molar-refractivity contribution in [1.29, 1.82) is 0 Å². The summed E-state index contributed by atoms with van der Waals surface area (Å²) >= 11 is 0. The first kappa shape index (κ1) is 16.5. The van der Waals surface area contributed by atoms with Crippen molar-refractivity contribution in [2.45, 2.75) is 38.9 Å². The van der Waals surface area contributed by atoms with Crippen molar-refractivity contribution < 1.29 is 18.3 Å². The zero-order valence-electron chi connectivity index (χ0n) is 11.5. The molecule has 0 aromatic carbocycles. The molecule has 1 aromatic heterocycles. The fraction of sp³-hybridized carbons (Fsp3) is 0.667. The molecule has 1 aromatic rings. The third-order valence-corrected chi connectivity index (χ3v) is 2.51. The van der Waals surface area contributed by atoms with E-state index in [-0.39, 0.29) is 24.4 Å². The molecule has 114 valence electrons. The Balaban J connectivity index is 2.97. The number of aromatic nitrogens is 2. The maximum absolute atomic E-state index is 12.8. The first-order valence-electron chi connectivity index (χ1n) is 6.44. The molecule has 8 heteroatoms. The van der Waals surface area contributed by atoms with Crippen molar-refractivity contribution in [3.05, 3.63) is 11.8 Å². The van der Waals surface area contributed by atoms with E-state index in [1.54, 1.807) is 6.92 Å². The maximum Gasteiger partial charge on any atom is 0.433 e. The van der Waals surface area contributed by atoms with E-state index in [4.69, 9.17) is 5.11 Å². The molecule has 0 bridgehead atoms. The summed E-state index contributed by atoms with van der Waals surface area (Å²) in [6, 6.07) is 0.681. The predicted molar refractivity (Wildman–Crippen MR) is 70.6 cm³/mol. The smallest absolute Gasteiger partial charge is 0.396 e. The van der Waals surface area contributed by atoms with Crippen LogP contribution in [0, 0.1) is 0 Å². The minimum absolute atomic E-state index is 0.0493. The second kappa shape index (κ2) is 7.28. The van der Waals surface area contributed by atoms with Gasteiger partial charge in [-0.05, 0) is 19.8 Å². The van der Waals surface area contributed by atoms with Gasteiger partial charge in [0.1, 0.15) is 5.82 Å². The highest BCUT2D eigenvalue weighted by Gasteiger charge is 2.33. The third kappa shape index (κ3) is 5.20. The molecule has 5 nitrogen and oxygen atoms in total. The molecule has 1 rings (SSSR count). The standard InChI is InChI=1S/C12H19F3N4O/c1-3-5-16-11-18-9(12(13,14)15)7-10(19-11)17-8(2)4-6-20/h7-8,20H,3-6H2,1-2H3,(H2,16,17,18,19). The molecule has 0 fully saturated rings. The van der Waals surface area contributed by atoms with E-state index in [2.05, 4.69) is 20.6 Å². The van der Waals surface area contributed by atoms with E-state index in [1.165, 1.54) is 0 Å². The molecule has 0 aliphatic heterocycles. The highest BCUT2D eigenvalue weighted by Crippen LogP contribution is 2.29. The molecule has 0 aliphatic rings. The van der Waals surface area contributed by atoms with Crippen LogP contribution >= 0.6 is 0 Å². The lowest BCUT2D eigenvalue weighted by Crippen LogP contribution is -2.20. The van der Waals surface area contributed by atoms with Gasteiger partial charge in [0.15, 0.2) is 5.69 Å². The Morgan fingerprint density at radius 1 is 1.35 bits per heavy atom. The highest BCUT2D eigenvalue weighted by atomic mass is 19.4. The van der Waals surface area contributed by atoms with Crippen molar-refractivity contribution in [2.75, 3.05) is 23.8 Å². The summed E-state index contributed by atoms with van der Waals surface area (Å²) in [7, 11) is 0. The van der Waals surface area contributed by atoms with Gasteiger partial charge in [-0.3, -0.25) is 0 Å². The first-order valence-corrected chi connectivity index (χ1v) is 6.44. The van der Waals surface area contributed by atoms with E-state index in [0.29, 0.717) is 13.0 Å². The number of aliphatic hydroxyl groups excluding tert-OH is 1. The Hall–Kier alpha value is -1.57. The van der Waals surface area contributed by atoms with Crippen molar-refractivity contribution in [1.82, 2.24) is 9.97 Å². The molecule has 1 unspecified atom stereocenters. The van der Waals surface area contributed by atoms with Gasteiger partial charge in [-0.25, -0.2) is 4.98 Å². The van der Waals surface area contributed by atoms with Gasteiger partial charge >= 0.3 is 6.18 Å². The normalized spacial score (nSPS) is 13.1. The van der Waals surface area contributed by atoms with Crippen LogP contribution in [0.2, 0.25) is 0 Å². The van der Waals surface area contributed by atoms with Crippen LogP contribution in [0.4, 0.5) is 24.9 Å². The largest absolute Gasteiger partial charge is 0.433 e. The van der Waals surface area contributed by atoms with E-state index < -0.39 is 11.9 Å². The van der Waals surface area contributed by atoms with E-state index >= 15 is 0 Å². The van der Waals surface area contributed by atoms with E-state index in [1.807, 2.05) is 6.92 Å². The number of halogens is 3. The lowest BCUT2D eigenvalue weighted by atomic mass is 10.2. The summed E-state index contributed by atoms with van der Waals surface area (Å²) in [6.07, 6.45) is -3.35. The van der Waals surface area contributed by atoms with Crippen molar-refractivity contribution >= 4 is 11.8 Å².